The third-order valence-corrected chi connectivity index (χ3v) is 2.49. The van der Waals surface area contributed by atoms with E-state index in [-0.39, 0.29) is 11.7 Å². The van der Waals surface area contributed by atoms with E-state index in [0.29, 0.717) is 17.1 Å². The fourth-order valence-electron chi connectivity index (χ4n) is 1.19. The van der Waals surface area contributed by atoms with Crippen LogP contribution in [0, 0.1) is 4.77 Å². The predicted molar refractivity (Wildman–Crippen MR) is 58.3 cm³/mol. The molecule has 0 unspecified atom stereocenters. The van der Waals surface area contributed by atoms with Crippen LogP contribution in [0.4, 0.5) is 0 Å². The highest BCUT2D eigenvalue weighted by atomic mass is 32.1. The van der Waals surface area contributed by atoms with Crippen LogP contribution in [0.25, 0.3) is 0 Å². The summed E-state index contributed by atoms with van der Waals surface area (Å²) in [7, 11) is 1.78. The first-order valence-electron chi connectivity index (χ1n) is 4.60. The fraction of sp³-hybridized carbons (Fsp3) is 0.222. The van der Waals surface area contributed by atoms with Gasteiger partial charge in [-0.3, -0.25) is 9.89 Å². The second-order valence-corrected chi connectivity index (χ2v) is 3.55. The van der Waals surface area contributed by atoms with Gasteiger partial charge < -0.3 is 14.3 Å². The molecule has 0 spiro atoms. The van der Waals surface area contributed by atoms with E-state index >= 15 is 0 Å². The van der Waals surface area contributed by atoms with Gasteiger partial charge in [0.05, 0.1) is 12.8 Å². The lowest BCUT2D eigenvalue weighted by Crippen LogP contribution is -2.23. The molecule has 0 fully saturated rings. The highest BCUT2D eigenvalue weighted by Gasteiger charge is 2.09. The van der Waals surface area contributed by atoms with Gasteiger partial charge in [0, 0.05) is 7.05 Å². The van der Waals surface area contributed by atoms with Gasteiger partial charge in [-0.15, -0.1) is 0 Å². The van der Waals surface area contributed by atoms with E-state index in [4.69, 9.17) is 16.6 Å². The molecule has 0 radical (unpaired) electrons. The van der Waals surface area contributed by atoms with Gasteiger partial charge in [0.15, 0.2) is 16.4 Å². The lowest BCUT2D eigenvalue weighted by molar-refractivity contribution is 0.0922. The molecule has 0 aliphatic rings. The molecule has 0 saturated carbocycles. The van der Waals surface area contributed by atoms with Crippen molar-refractivity contribution in [2.24, 2.45) is 7.05 Å². The number of furan rings is 1. The number of carbonyl (C=O) groups excluding carboxylic acids is 1. The summed E-state index contributed by atoms with van der Waals surface area (Å²) >= 11 is 4.95. The second kappa shape index (κ2) is 4.31. The summed E-state index contributed by atoms with van der Waals surface area (Å²) in [5.74, 6) is 0.653. The Labute approximate surface area is 96.3 Å². The molecule has 0 atom stereocenters. The minimum absolute atomic E-state index is 0.275. The lowest BCUT2D eigenvalue weighted by atomic mass is 10.4. The van der Waals surface area contributed by atoms with Crippen molar-refractivity contribution in [3.63, 3.8) is 0 Å². The molecule has 2 aromatic heterocycles. The molecule has 6 nitrogen and oxygen atoms in total. The van der Waals surface area contributed by atoms with Crippen LogP contribution in [-0.2, 0) is 13.6 Å². The Morgan fingerprint density at radius 1 is 1.75 bits per heavy atom. The summed E-state index contributed by atoms with van der Waals surface area (Å²) in [5, 5.41) is 9.28. The van der Waals surface area contributed by atoms with Gasteiger partial charge in [0.2, 0.25) is 0 Å². The Morgan fingerprint density at radius 3 is 3.12 bits per heavy atom. The molecule has 84 valence electrons. The van der Waals surface area contributed by atoms with E-state index in [1.807, 2.05) is 0 Å². The Morgan fingerprint density at radius 2 is 2.56 bits per heavy atom. The number of aromatic nitrogens is 3. The van der Waals surface area contributed by atoms with E-state index in [1.54, 1.807) is 23.7 Å². The molecule has 2 N–H and O–H groups in total. The number of H-pyrrole nitrogens is 1. The van der Waals surface area contributed by atoms with Crippen LogP contribution >= 0.6 is 12.2 Å². The lowest BCUT2D eigenvalue weighted by Gasteiger charge is -2.01. The number of hydrogen-bond donors (Lipinski definition) is 2. The van der Waals surface area contributed by atoms with Gasteiger partial charge in [-0.2, -0.15) is 5.10 Å². The van der Waals surface area contributed by atoms with Crippen LogP contribution in [0.5, 0.6) is 0 Å². The Bertz CT molecular complexity index is 540. The number of nitrogens with one attached hydrogen (secondary N) is 2. The highest BCUT2D eigenvalue weighted by Crippen LogP contribution is 2.00. The molecular formula is C9H10N4O2S. The first kappa shape index (κ1) is 10.6. The molecule has 1 amide bonds. The standard InChI is InChI=1S/C9H10N4O2S/c1-13-7(11-12-9(13)16)5-10-8(14)6-3-2-4-15-6/h2-4H,5H2,1H3,(H,10,14)(H,12,16). The van der Waals surface area contributed by atoms with E-state index in [2.05, 4.69) is 15.5 Å². The zero-order valence-corrected chi connectivity index (χ0v) is 9.37. The van der Waals surface area contributed by atoms with E-state index < -0.39 is 0 Å². The van der Waals surface area contributed by atoms with Crippen molar-refractivity contribution in [1.82, 2.24) is 20.1 Å². The van der Waals surface area contributed by atoms with Gasteiger partial charge in [-0.25, -0.2) is 0 Å². The molecule has 2 heterocycles. The minimum Gasteiger partial charge on any atom is -0.459 e. The molecule has 0 aromatic carbocycles. The van der Waals surface area contributed by atoms with Crippen molar-refractivity contribution in [2.45, 2.75) is 6.54 Å². The number of rotatable bonds is 3. The van der Waals surface area contributed by atoms with Crippen LogP contribution < -0.4 is 5.32 Å². The Balaban J connectivity index is 2.01. The summed E-state index contributed by atoms with van der Waals surface area (Å²) in [6.07, 6.45) is 1.45. The molecular weight excluding hydrogens is 228 g/mol. The number of nitrogens with zero attached hydrogens (tertiary/aromatic N) is 2. The van der Waals surface area contributed by atoms with Crippen molar-refractivity contribution >= 4 is 18.1 Å². The smallest absolute Gasteiger partial charge is 0.287 e. The van der Waals surface area contributed by atoms with Crippen LogP contribution in [0.2, 0.25) is 0 Å². The molecule has 2 aromatic rings. The summed E-state index contributed by atoms with van der Waals surface area (Å²) in [4.78, 5) is 11.5. The zero-order chi connectivity index (χ0) is 11.5. The van der Waals surface area contributed by atoms with Gasteiger partial charge >= 0.3 is 0 Å². The maximum absolute atomic E-state index is 11.5. The van der Waals surface area contributed by atoms with Crippen molar-refractivity contribution < 1.29 is 9.21 Å². The first-order chi connectivity index (χ1) is 7.68. The quantitative estimate of drug-likeness (QED) is 0.782. The fourth-order valence-corrected chi connectivity index (χ4v) is 1.34. The van der Waals surface area contributed by atoms with E-state index in [0.717, 1.165) is 0 Å². The van der Waals surface area contributed by atoms with Crippen LogP contribution in [0.1, 0.15) is 16.4 Å². The van der Waals surface area contributed by atoms with Crippen molar-refractivity contribution in [1.29, 1.82) is 0 Å². The van der Waals surface area contributed by atoms with Crippen molar-refractivity contribution in [3.8, 4) is 0 Å². The number of aromatic amines is 1. The Kier molecular flexibility index (Phi) is 2.86. The number of carbonyl (C=O) groups is 1. The van der Waals surface area contributed by atoms with Gasteiger partial charge in [-0.1, -0.05) is 0 Å². The zero-order valence-electron chi connectivity index (χ0n) is 8.56. The topological polar surface area (TPSA) is 75.8 Å². The highest BCUT2D eigenvalue weighted by molar-refractivity contribution is 7.71. The van der Waals surface area contributed by atoms with Gasteiger partial charge in [0.1, 0.15) is 0 Å². The average molecular weight is 238 g/mol. The maximum Gasteiger partial charge on any atom is 0.287 e. The summed E-state index contributed by atoms with van der Waals surface area (Å²) in [6.45, 7) is 0.295. The van der Waals surface area contributed by atoms with E-state index in [1.165, 1.54) is 6.26 Å². The minimum atomic E-state index is -0.279. The second-order valence-electron chi connectivity index (χ2n) is 3.16. The first-order valence-corrected chi connectivity index (χ1v) is 5.01. The molecule has 16 heavy (non-hydrogen) atoms. The molecule has 0 aliphatic carbocycles. The van der Waals surface area contributed by atoms with Gasteiger partial charge in [0.25, 0.3) is 5.91 Å². The maximum atomic E-state index is 11.5. The summed E-state index contributed by atoms with van der Waals surface area (Å²) < 4.78 is 7.16. The average Bonchev–Trinajstić information content (AvgIpc) is 2.89. The van der Waals surface area contributed by atoms with Crippen molar-refractivity contribution in [2.75, 3.05) is 0 Å². The summed E-state index contributed by atoms with van der Waals surface area (Å²) in [5.41, 5.74) is 0. The van der Waals surface area contributed by atoms with Crippen LogP contribution in [0.3, 0.4) is 0 Å². The molecule has 0 aliphatic heterocycles. The largest absolute Gasteiger partial charge is 0.459 e. The van der Waals surface area contributed by atoms with Gasteiger partial charge in [-0.05, 0) is 24.4 Å². The molecule has 2 rings (SSSR count). The third-order valence-electron chi connectivity index (χ3n) is 2.12. The molecule has 0 bridgehead atoms. The molecule has 7 heteroatoms. The summed E-state index contributed by atoms with van der Waals surface area (Å²) in [6, 6.07) is 3.25. The van der Waals surface area contributed by atoms with E-state index in [9.17, 15) is 4.79 Å². The number of hydrogen-bond acceptors (Lipinski definition) is 4. The van der Waals surface area contributed by atoms with Crippen molar-refractivity contribution in [3.05, 3.63) is 34.8 Å². The number of amides is 1. The monoisotopic (exact) mass is 238 g/mol. The van der Waals surface area contributed by atoms with Crippen LogP contribution in [-0.4, -0.2) is 20.7 Å². The third kappa shape index (κ3) is 2.03. The van der Waals surface area contributed by atoms with Crippen LogP contribution in [0.15, 0.2) is 22.8 Å². The normalized spacial score (nSPS) is 10.3. The SMILES string of the molecule is Cn1c(CNC(=O)c2ccco2)n[nH]c1=S. The Hall–Kier alpha value is -1.89. The molecule has 0 saturated heterocycles. The predicted octanol–water partition coefficient (Wildman–Crippen LogP) is 1.00.